The van der Waals surface area contributed by atoms with Crippen LogP contribution in [0.3, 0.4) is 0 Å². The third-order valence-corrected chi connectivity index (χ3v) is 4.21. The van der Waals surface area contributed by atoms with Crippen LogP contribution in [0.4, 0.5) is 5.69 Å². The summed E-state index contributed by atoms with van der Waals surface area (Å²) in [4.78, 5) is 1.26. The van der Waals surface area contributed by atoms with E-state index >= 15 is 0 Å². The van der Waals surface area contributed by atoms with Crippen LogP contribution < -0.4 is 10.5 Å². The number of benzene rings is 3. The van der Waals surface area contributed by atoms with Crippen LogP contribution in [0.15, 0.2) is 71.6 Å². The standard InChI is InChI=1S/C18H17NOS/c19-17-7-3-4-8-18(17)20-11-12-21-16-10-9-14-5-1-2-6-15(14)13-16/h1-10,13H,11-12,19H2. The maximum Gasteiger partial charge on any atom is 0.142 e. The number of nitrogen functional groups attached to an aromatic ring is 1. The van der Waals surface area contributed by atoms with Crippen molar-refractivity contribution in [1.82, 2.24) is 0 Å². The van der Waals surface area contributed by atoms with Crippen molar-refractivity contribution in [3.8, 4) is 5.75 Å². The van der Waals surface area contributed by atoms with Gasteiger partial charge in [0.2, 0.25) is 0 Å². The molecule has 0 heterocycles. The van der Waals surface area contributed by atoms with Crippen molar-refractivity contribution in [2.24, 2.45) is 0 Å². The van der Waals surface area contributed by atoms with Crippen LogP contribution in [-0.2, 0) is 0 Å². The number of nitrogens with two attached hydrogens (primary N) is 1. The van der Waals surface area contributed by atoms with Gasteiger partial charge in [0.1, 0.15) is 5.75 Å². The number of ether oxygens (including phenoxy) is 1. The number of rotatable bonds is 5. The summed E-state index contributed by atoms with van der Waals surface area (Å²) in [5.41, 5.74) is 6.53. The highest BCUT2D eigenvalue weighted by Crippen LogP contribution is 2.24. The molecule has 21 heavy (non-hydrogen) atoms. The Morgan fingerprint density at radius 3 is 2.48 bits per heavy atom. The third kappa shape index (κ3) is 3.50. The Hall–Kier alpha value is -2.13. The first-order valence-corrected chi connectivity index (χ1v) is 7.90. The molecule has 0 saturated carbocycles. The van der Waals surface area contributed by atoms with E-state index in [2.05, 4.69) is 42.5 Å². The molecule has 0 radical (unpaired) electrons. The van der Waals surface area contributed by atoms with Gasteiger partial charge in [0.05, 0.1) is 12.3 Å². The van der Waals surface area contributed by atoms with Crippen molar-refractivity contribution in [1.29, 1.82) is 0 Å². The van der Waals surface area contributed by atoms with Crippen LogP contribution in [0, 0.1) is 0 Å². The normalized spacial score (nSPS) is 10.7. The smallest absolute Gasteiger partial charge is 0.142 e. The first-order chi connectivity index (χ1) is 10.3. The van der Waals surface area contributed by atoms with E-state index in [4.69, 9.17) is 10.5 Å². The molecule has 0 fully saturated rings. The first-order valence-electron chi connectivity index (χ1n) is 6.92. The molecule has 3 aromatic rings. The molecule has 3 rings (SSSR count). The van der Waals surface area contributed by atoms with Gasteiger partial charge in [-0.05, 0) is 35.0 Å². The Balaban J connectivity index is 1.56. The molecule has 3 heteroatoms. The molecule has 0 aliphatic heterocycles. The van der Waals surface area contributed by atoms with Crippen LogP contribution in [0.2, 0.25) is 0 Å². The number of para-hydroxylation sites is 2. The highest BCUT2D eigenvalue weighted by atomic mass is 32.2. The lowest BCUT2D eigenvalue weighted by Crippen LogP contribution is -2.02. The molecule has 106 valence electrons. The molecule has 3 aromatic carbocycles. The van der Waals surface area contributed by atoms with Crippen LogP contribution in [-0.4, -0.2) is 12.4 Å². The minimum atomic E-state index is 0.645. The lowest BCUT2D eigenvalue weighted by atomic mass is 10.1. The molecule has 0 bridgehead atoms. The molecular weight excluding hydrogens is 278 g/mol. The van der Waals surface area contributed by atoms with Gasteiger partial charge >= 0.3 is 0 Å². The van der Waals surface area contributed by atoms with Gasteiger partial charge in [-0.3, -0.25) is 0 Å². The summed E-state index contributed by atoms with van der Waals surface area (Å²) in [6, 6.07) is 22.5. The molecule has 0 saturated heterocycles. The highest BCUT2D eigenvalue weighted by Gasteiger charge is 2.00. The number of hydrogen-bond acceptors (Lipinski definition) is 3. The zero-order chi connectivity index (χ0) is 14.5. The minimum absolute atomic E-state index is 0.645. The summed E-state index contributed by atoms with van der Waals surface area (Å²) >= 11 is 1.79. The van der Waals surface area contributed by atoms with Crippen molar-refractivity contribution >= 4 is 28.2 Å². The second-order valence-electron chi connectivity index (χ2n) is 4.74. The largest absolute Gasteiger partial charge is 0.491 e. The molecule has 0 unspecified atom stereocenters. The lowest BCUT2D eigenvalue weighted by Gasteiger charge is -2.08. The Labute approximate surface area is 128 Å². The van der Waals surface area contributed by atoms with E-state index < -0.39 is 0 Å². The Bertz CT molecular complexity index is 742. The topological polar surface area (TPSA) is 35.2 Å². The first kappa shape index (κ1) is 13.8. The highest BCUT2D eigenvalue weighted by molar-refractivity contribution is 7.99. The van der Waals surface area contributed by atoms with Gasteiger partial charge < -0.3 is 10.5 Å². The third-order valence-electron chi connectivity index (χ3n) is 3.25. The fourth-order valence-electron chi connectivity index (χ4n) is 2.18. The fourth-order valence-corrected chi connectivity index (χ4v) is 2.96. The van der Waals surface area contributed by atoms with Gasteiger partial charge in [-0.2, -0.15) is 0 Å². The van der Waals surface area contributed by atoms with E-state index in [0.29, 0.717) is 12.3 Å². The molecule has 0 amide bonds. The average Bonchev–Trinajstić information content (AvgIpc) is 2.53. The SMILES string of the molecule is Nc1ccccc1OCCSc1ccc2ccccc2c1. The van der Waals surface area contributed by atoms with Gasteiger partial charge in [-0.1, -0.05) is 42.5 Å². The van der Waals surface area contributed by atoms with E-state index in [9.17, 15) is 0 Å². The van der Waals surface area contributed by atoms with Crippen molar-refractivity contribution in [3.05, 3.63) is 66.7 Å². The maximum atomic E-state index is 5.84. The van der Waals surface area contributed by atoms with Gasteiger partial charge in [0.25, 0.3) is 0 Å². The summed E-state index contributed by atoms with van der Waals surface area (Å²) in [6.07, 6.45) is 0. The quantitative estimate of drug-likeness (QED) is 0.425. The lowest BCUT2D eigenvalue weighted by molar-refractivity contribution is 0.346. The number of anilines is 1. The molecule has 0 aliphatic rings. The Morgan fingerprint density at radius 2 is 1.62 bits per heavy atom. The number of fused-ring (bicyclic) bond motifs is 1. The van der Waals surface area contributed by atoms with Gasteiger partial charge in [-0.15, -0.1) is 11.8 Å². The van der Waals surface area contributed by atoms with E-state index in [1.54, 1.807) is 11.8 Å². The fraction of sp³-hybridized carbons (Fsp3) is 0.111. The molecule has 0 atom stereocenters. The predicted octanol–water partition coefficient (Wildman–Crippen LogP) is 4.59. The molecular formula is C18H17NOS. The van der Waals surface area contributed by atoms with Crippen LogP contribution in [0.25, 0.3) is 10.8 Å². The Kier molecular flexibility index (Phi) is 4.31. The molecule has 2 N–H and O–H groups in total. The summed E-state index contributed by atoms with van der Waals surface area (Å²) in [5, 5.41) is 2.55. The van der Waals surface area contributed by atoms with Crippen LogP contribution >= 0.6 is 11.8 Å². The summed E-state index contributed by atoms with van der Waals surface area (Å²) in [6.45, 7) is 0.645. The van der Waals surface area contributed by atoms with Gasteiger partial charge in [0, 0.05) is 10.6 Å². The van der Waals surface area contributed by atoms with Crippen molar-refractivity contribution < 1.29 is 4.74 Å². The average molecular weight is 295 g/mol. The molecule has 0 aromatic heterocycles. The van der Waals surface area contributed by atoms with Gasteiger partial charge in [0.15, 0.2) is 0 Å². The van der Waals surface area contributed by atoms with Crippen molar-refractivity contribution in [2.45, 2.75) is 4.90 Å². The molecule has 0 spiro atoms. The summed E-state index contributed by atoms with van der Waals surface area (Å²) in [5.74, 6) is 1.66. The monoisotopic (exact) mass is 295 g/mol. The van der Waals surface area contributed by atoms with E-state index in [-0.39, 0.29) is 0 Å². The minimum Gasteiger partial charge on any atom is -0.491 e. The molecule has 0 aliphatic carbocycles. The van der Waals surface area contributed by atoms with E-state index in [0.717, 1.165) is 11.5 Å². The Morgan fingerprint density at radius 1 is 0.857 bits per heavy atom. The molecule has 2 nitrogen and oxygen atoms in total. The van der Waals surface area contributed by atoms with E-state index in [1.165, 1.54) is 15.7 Å². The second-order valence-corrected chi connectivity index (χ2v) is 5.91. The second kappa shape index (κ2) is 6.55. The summed E-state index contributed by atoms with van der Waals surface area (Å²) in [7, 11) is 0. The zero-order valence-corrected chi connectivity index (χ0v) is 12.5. The predicted molar refractivity (Wildman–Crippen MR) is 91.0 cm³/mol. The number of hydrogen-bond donors (Lipinski definition) is 1. The summed E-state index contributed by atoms with van der Waals surface area (Å²) < 4.78 is 5.70. The van der Waals surface area contributed by atoms with Gasteiger partial charge in [-0.25, -0.2) is 0 Å². The van der Waals surface area contributed by atoms with E-state index in [1.807, 2.05) is 24.3 Å². The maximum absolute atomic E-state index is 5.84. The van der Waals surface area contributed by atoms with Crippen LogP contribution in [0.1, 0.15) is 0 Å². The zero-order valence-electron chi connectivity index (χ0n) is 11.7. The number of thioether (sulfide) groups is 1. The van der Waals surface area contributed by atoms with Crippen LogP contribution in [0.5, 0.6) is 5.75 Å². The van der Waals surface area contributed by atoms with Crippen molar-refractivity contribution in [3.63, 3.8) is 0 Å². The van der Waals surface area contributed by atoms with Crippen molar-refractivity contribution in [2.75, 3.05) is 18.1 Å².